The molecule has 0 aromatic heterocycles. The molecule has 3 fully saturated rings. The summed E-state index contributed by atoms with van der Waals surface area (Å²) in [6.45, 7) is 1.46. The van der Waals surface area contributed by atoms with Gasteiger partial charge in [-0.3, -0.25) is 19.7 Å². The monoisotopic (exact) mass is 338 g/mol. The normalized spacial score (nSPS) is 27.4. The fourth-order valence-electron chi connectivity index (χ4n) is 3.82. The smallest absolute Gasteiger partial charge is 0.325 e. The average Bonchev–Trinajstić information content (AvgIpc) is 3.09. The second-order valence-electron chi connectivity index (χ2n) is 6.67. The molecule has 132 valence electrons. The predicted octanol–water partition coefficient (Wildman–Crippen LogP) is -1.63. The molecule has 0 radical (unpaired) electrons. The minimum Gasteiger partial charge on any atom is -0.395 e. The zero-order valence-corrected chi connectivity index (χ0v) is 13.5. The highest BCUT2D eigenvalue weighted by atomic mass is 16.3. The van der Waals surface area contributed by atoms with E-state index < -0.39 is 17.4 Å². The molecule has 0 aromatic carbocycles. The lowest BCUT2D eigenvalue weighted by Crippen LogP contribution is -2.51. The molecular weight excluding hydrogens is 316 g/mol. The van der Waals surface area contributed by atoms with Crippen molar-refractivity contribution in [3.63, 3.8) is 0 Å². The number of imide groups is 1. The van der Waals surface area contributed by atoms with E-state index in [2.05, 4.69) is 5.32 Å². The van der Waals surface area contributed by atoms with Crippen molar-refractivity contribution < 1.29 is 24.3 Å². The Kier molecular flexibility index (Phi) is 4.44. The van der Waals surface area contributed by atoms with Crippen LogP contribution in [0.4, 0.5) is 4.79 Å². The van der Waals surface area contributed by atoms with Crippen LogP contribution in [0.5, 0.6) is 0 Å². The van der Waals surface area contributed by atoms with E-state index in [-0.39, 0.29) is 31.5 Å². The lowest BCUT2D eigenvalue weighted by atomic mass is 9.78. The number of urea groups is 1. The van der Waals surface area contributed by atoms with Gasteiger partial charge >= 0.3 is 6.03 Å². The minimum absolute atomic E-state index is 0.00666. The molecule has 1 spiro atoms. The summed E-state index contributed by atoms with van der Waals surface area (Å²) in [7, 11) is 0. The Morgan fingerprint density at radius 1 is 1.17 bits per heavy atom. The maximum absolute atomic E-state index is 12.7. The Labute approximate surface area is 139 Å². The highest BCUT2D eigenvalue weighted by Crippen LogP contribution is 2.40. The van der Waals surface area contributed by atoms with Crippen LogP contribution in [0.1, 0.15) is 19.3 Å². The number of nitrogens with one attached hydrogen (secondary N) is 1. The van der Waals surface area contributed by atoms with Gasteiger partial charge in [-0.25, -0.2) is 4.79 Å². The first kappa shape index (κ1) is 16.7. The van der Waals surface area contributed by atoms with Gasteiger partial charge in [-0.15, -0.1) is 0 Å². The van der Waals surface area contributed by atoms with Crippen LogP contribution in [0.15, 0.2) is 0 Å². The van der Waals surface area contributed by atoms with E-state index in [1.807, 2.05) is 0 Å². The van der Waals surface area contributed by atoms with Crippen molar-refractivity contribution in [2.24, 2.45) is 5.41 Å². The largest absolute Gasteiger partial charge is 0.395 e. The molecule has 0 aromatic rings. The highest BCUT2D eigenvalue weighted by Gasteiger charge is 2.49. The molecule has 24 heavy (non-hydrogen) atoms. The molecule has 3 heterocycles. The van der Waals surface area contributed by atoms with Crippen molar-refractivity contribution in [3.8, 4) is 0 Å². The number of piperidine rings is 1. The van der Waals surface area contributed by atoms with E-state index in [0.717, 1.165) is 12.8 Å². The SMILES string of the molecule is O=C1CN(CC(=O)N2CC[C@@]3(CCCN(CCO)C3=O)C2)C(=O)N1. The number of aliphatic hydroxyl groups excluding tert-OH is 1. The second kappa shape index (κ2) is 6.39. The van der Waals surface area contributed by atoms with Crippen molar-refractivity contribution in [3.05, 3.63) is 0 Å². The van der Waals surface area contributed by atoms with Gasteiger partial charge in [0.05, 0.1) is 12.0 Å². The van der Waals surface area contributed by atoms with Gasteiger partial charge in [-0.2, -0.15) is 0 Å². The van der Waals surface area contributed by atoms with Crippen LogP contribution < -0.4 is 5.32 Å². The molecule has 1 atom stereocenters. The Hall–Kier alpha value is -2.16. The van der Waals surface area contributed by atoms with Crippen molar-refractivity contribution in [1.29, 1.82) is 0 Å². The van der Waals surface area contributed by atoms with Crippen LogP contribution >= 0.6 is 0 Å². The summed E-state index contributed by atoms with van der Waals surface area (Å²) >= 11 is 0. The maximum atomic E-state index is 12.7. The zero-order chi connectivity index (χ0) is 17.3. The van der Waals surface area contributed by atoms with Crippen molar-refractivity contribution in [2.45, 2.75) is 19.3 Å². The van der Waals surface area contributed by atoms with Gasteiger partial charge in [-0.05, 0) is 19.3 Å². The molecule has 0 unspecified atom stereocenters. The molecule has 5 amide bonds. The van der Waals surface area contributed by atoms with E-state index in [4.69, 9.17) is 5.11 Å². The van der Waals surface area contributed by atoms with Gasteiger partial charge in [0.1, 0.15) is 13.1 Å². The summed E-state index contributed by atoms with van der Waals surface area (Å²) in [6.07, 6.45) is 2.20. The minimum atomic E-state index is -0.563. The zero-order valence-electron chi connectivity index (χ0n) is 13.5. The number of amides is 5. The molecule has 2 N–H and O–H groups in total. The van der Waals surface area contributed by atoms with Crippen molar-refractivity contribution >= 4 is 23.8 Å². The van der Waals surface area contributed by atoms with E-state index in [0.29, 0.717) is 32.6 Å². The lowest BCUT2D eigenvalue weighted by Gasteiger charge is -2.39. The molecule has 3 rings (SSSR count). The van der Waals surface area contributed by atoms with E-state index >= 15 is 0 Å². The van der Waals surface area contributed by atoms with Gasteiger partial charge in [-0.1, -0.05) is 0 Å². The highest BCUT2D eigenvalue weighted by molar-refractivity contribution is 6.03. The summed E-state index contributed by atoms with van der Waals surface area (Å²) in [6, 6.07) is -0.551. The van der Waals surface area contributed by atoms with Crippen LogP contribution in [0.25, 0.3) is 0 Å². The number of carbonyl (C=O) groups is 4. The lowest BCUT2D eigenvalue weighted by molar-refractivity contribution is -0.146. The quantitative estimate of drug-likeness (QED) is 0.598. The fraction of sp³-hybridized carbons (Fsp3) is 0.733. The molecule has 3 saturated heterocycles. The Morgan fingerprint density at radius 3 is 2.62 bits per heavy atom. The van der Waals surface area contributed by atoms with Crippen LogP contribution in [-0.2, 0) is 14.4 Å². The van der Waals surface area contributed by atoms with Crippen LogP contribution in [0.3, 0.4) is 0 Å². The molecule has 9 heteroatoms. The molecule has 3 aliphatic heterocycles. The first-order valence-corrected chi connectivity index (χ1v) is 8.22. The summed E-state index contributed by atoms with van der Waals surface area (Å²) in [5.74, 6) is -0.649. The Bertz CT molecular complexity index is 578. The maximum Gasteiger partial charge on any atom is 0.325 e. The standard InChI is InChI=1S/C15H22N4O5/c20-7-6-17-4-1-2-15(13(17)23)3-5-18(10-15)12(22)9-19-8-11(21)16-14(19)24/h20H,1-10H2,(H,16,21,24)/t15-/m0/s1. The number of β-amino-alcohol motifs (C(OH)–C–C–N with tert-alkyl or cyclic N) is 1. The van der Waals surface area contributed by atoms with Gasteiger partial charge in [0.25, 0.3) is 0 Å². The number of rotatable bonds is 4. The van der Waals surface area contributed by atoms with Gasteiger partial charge in [0.2, 0.25) is 17.7 Å². The number of hydrogen-bond acceptors (Lipinski definition) is 5. The third-order valence-corrected chi connectivity index (χ3v) is 5.09. The van der Waals surface area contributed by atoms with Crippen molar-refractivity contribution in [1.82, 2.24) is 20.0 Å². The average molecular weight is 338 g/mol. The summed E-state index contributed by atoms with van der Waals surface area (Å²) in [4.78, 5) is 52.3. The van der Waals surface area contributed by atoms with Crippen LogP contribution in [0.2, 0.25) is 0 Å². The molecule has 0 aliphatic carbocycles. The first-order valence-electron chi connectivity index (χ1n) is 8.22. The van der Waals surface area contributed by atoms with E-state index in [9.17, 15) is 19.2 Å². The first-order chi connectivity index (χ1) is 11.4. The number of nitrogens with zero attached hydrogens (tertiary/aromatic N) is 3. The number of aliphatic hydroxyl groups is 1. The Balaban J connectivity index is 1.62. The summed E-state index contributed by atoms with van der Waals surface area (Å²) in [5, 5.41) is 11.2. The molecule has 3 aliphatic rings. The van der Waals surface area contributed by atoms with E-state index in [1.165, 1.54) is 4.90 Å². The molecule has 0 saturated carbocycles. The van der Waals surface area contributed by atoms with Gasteiger partial charge in [0.15, 0.2) is 0 Å². The second-order valence-corrected chi connectivity index (χ2v) is 6.67. The van der Waals surface area contributed by atoms with Crippen LogP contribution in [0, 0.1) is 5.41 Å². The van der Waals surface area contributed by atoms with Crippen LogP contribution in [-0.4, -0.2) is 89.4 Å². The summed E-state index contributed by atoms with van der Waals surface area (Å²) < 4.78 is 0. The van der Waals surface area contributed by atoms with Crippen molar-refractivity contribution in [2.75, 3.05) is 45.9 Å². The predicted molar refractivity (Wildman–Crippen MR) is 81.6 cm³/mol. The fourth-order valence-corrected chi connectivity index (χ4v) is 3.82. The molecule has 9 nitrogen and oxygen atoms in total. The summed E-state index contributed by atoms with van der Waals surface area (Å²) in [5.41, 5.74) is -0.563. The third-order valence-electron chi connectivity index (χ3n) is 5.09. The Morgan fingerprint density at radius 2 is 1.96 bits per heavy atom. The number of likely N-dealkylation sites (tertiary alicyclic amines) is 2. The topological polar surface area (TPSA) is 110 Å². The third kappa shape index (κ3) is 2.95. The van der Waals surface area contributed by atoms with Gasteiger partial charge < -0.3 is 19.8 Å². The van der Waals surface area contributed by atoms with Gasteiger partial charge in [0, 0.05) is 26.2 Å². The number of carbonyl (C=O) groups excluding carboxylic acids is 4. The molecular formula is C15H22N4O5. The van der Waals surface area contributed by atoms with E-state index in [1.54, 1.807) is 9.80 Å². The molecule has 0 bridgehead atoms. The number of hydrogen-bond donors (Lipinski definition) is 2.